The first-order chi connectivity index (χ1) is 17.6. The Morgan fingerprint density at radius 1 is 0.917 bits per heavy atom. The molecule has 1 heterocycles. The lowest BCUT2D eigenvalue weighted by atomic mass is 9.85. The third-order valence-electron chi connectivity index (χ3n) is 8.13. The zero-order valence-electron chi connectivity index (χ0n) is 21.3. The summed E-state index contributed by atoms with van der Waals surface area (Å²) in [5, 5.41) is 0. The van der Waals surface area contributed by atoms with E-state index in [1.54, 1.807) is 12.1 Å². The lowest BCUT2D eigenvalue weighted by molar-refractivity contribution is 0.0588. The number of benzene rings is 3. The first-order valence-electron chi connectivity index (χ1n) is 13.5. The molecule has 188 valence electrons. The van der Waals surface area contributed by atoms with Crippen molar-refractivity contribution < 1.29 is 9.18 Å². The maximum absolute atomic E-state index is 13.9. The summed E-state index contributed by atoms with van der Waals surface area (Å²) >= 11 is 0. The second kappa shape index (κ2) is 11.4. The molecule has 1 amide bonds. The fourth-order valence-corrected chi connectivity index (χ4v) is 6.31. The first kappa shape index (κ1) is 24.7. The molecule has 1 saturated carbocycles. The summed E-state index contributed by atoms with van der Waals surface area (Å²) in [7, 11) is 0. The molecule has 1 aliphatic carbocycles. The molecule has 0 bridgehead atoms. The van der Waals surface area contributed by atoms with Gasteiger partial charge in [0, 0.05) is 43.7 Å². The summed E-state index contributed by atoms with van der Waals surface area (Å²) in [6, 6.07) is 25.7. The summed E-state index contributed by atoms with van der Waals surface area (Å²) in [4.78, 5) is 18.5. The van der Waals surface area contributed by atoms with Crippen molar-refractivity contribution >= 4 is 5.91 Å². The molecule has 1 saturated heterocycles. The van der Waals surface area contributed by atoms with Crippen LogP contribution in [0.1, 0.15) is 65.1 Å². The number of carbonyl (C=O) groups is 1. The van der Waals surface area contributed by atoms with Crippen molar-refractivity contribution in [2.45, 2.75) is 57.5 Å². The maximum atomic E-state index is 13.9. The summed E-state index contributed by atoms with van der Waals surface area (Å²) in [6.07, 6.45) is 5.84. The molecular weight excluding hydrogens is 447 g/mol. The van der Waals surface area contributed by atoms with Crippen LogP contribution in [0.25, 0.3) is 0 Å². The van der Waals surface area contributed by atoms with Crippen molar-refractivity contribution in [1.82, 2.24) is 9.80 Å². The fraction of sp³-hybridized carbons (Fsp3) is 0.406. The second-order valence-corrected chi connectivity index (χ2v) is 10.7. The quantitative estimate of drug-likeness (QED) is 0.367. The lowest BCUT2D eigenvalue weighted by Gasteiger charge is -2.37. The smallest absolute Gasteiger partial charge is 0.254 e. The Labute approximate surface area is 214 Å². The minimum absolute atomic E-state index is 0.162. The molecule has 0 spiro atoms. The number of aryl methyl sites for hydroxylation is 1. The summed E-state index contributed by atoms with van der Waals surface area (Å²) in [6.45, 7) is 5.50. The van der Waals surface area contributed by atoms with E-state index in [9.17, 15) is 9.18 Å². The van der Waals surface area contributed by atoms with Gasteiger partial charge in [-0.05, 0) is 66.6 Å². The van der Waals surface area contributed by atoms with Gasteiger partial charge in [-0.1, -0.05) is 73.9 Å². The molecule has 3 aromatic rings. The van der Waals surface area contributed by atoms with E-state index in [4.69, 9.17) is 0 Å². The number of rotatable bonds is 7. The van der Waals surface area contributed by atoms with Crippen molar-refractivity contribution in [3.8, 4) is 0 Å². The van der Waals surface area contributed by atoms with Gasteiger partial charge in [-0.2, -0.15) is 0 Å². The largest absolute Gasteiger partial charge is 0.335 e. The van der Waals surface area contributed by atoms with Crippen molar-refractivity contribution in [3.05, 3.63) is 107 Å². The fourth-order valence-electron chi connectivity index (χ4n) is 6.31. The Bertz CT molecular complexity index is 1160. The molecule has 0 N–H and O–H groups in total. The molecule has 0 unspecified atom stereocenters. The normalized spacial score (nSPS) is 20.9. The Kier molecular flexibility index (Phi) is 7.81. The Morgan fingerprint density at radius 3 is 2.42 bits per heavy atom. The van der Waals surface area contributed by atoms with Gasteiger partial charge >= 0.3 is 0 Å². The highest BCUT2D eigenvalue weighted by atomic mass is 19.1. The predicted octanol–water partition coefficient (Wildman–Crippen LogP) is 6.82. The zero-order valence-corrected chi connectivity index (χ0v) is 21.3. The minimum Gasteiger partial charge on any atom is -0.335 e. The van der Waals surface area contributed by atoms with Crippen LogP contribution in [0.15, 0.2) is 78.9 Å². The molecule has 3 aromatic carbocycles. The van der Waals surface area contributed by atoms with Crippen LogP contribution in [0, 0.1) is 18.7 Å². The number of halogens is 1. The van der Waals surface area contributed by atoms with Gasteiger partial charge < -0.3 is 4.90 Å². The van der Waals surface area contributed by atoms with Crippen LogP contribution >= 0.6 is 0 Å². The summed E-state index contributed by atoms with van der Waals surface area (Å²) in [5.74, 6) is 0.647. The van der Waals surface area contributed by atoms with Crippen LogP contribution in [0.3, 0.4) is 0 Å². The van der Waals surface area contributed by atoms with E-state index in [1.807, 2.05) is 36.4 Å². The van der Waals surface area contributed by atoms with Gasteiger partial charge in [-0.25, -0.2) is 4.39 Å². The van der Waals surface area contributed by atoms with Gasteiger partial charge in [-0.3, -0.25) is 9.69 Å². The second-order valence-electron chi connectivity index (χ2n) is 10.7. The van der Waals surface area contributed by atoms with Gasteiger partial charge in [0.15, 0.2) is 0 Å². The van der Waals surface area contributed by atoms with Crippen LogP contribution in [0.2, 0.25) is 0 Å². The molecular formula is C32H37FN2O. The minimum atomic E-state index is -0.185. The average molecular weight is 485 g/mol. The molecule has 4 heteroatoms. The molecule has 2 atom stereocenters. The Balaban J connectivity index is 1.43. The maximum Gasteiger partial charge on any atom is 0.254 e. The number of hydrogen-bond acceptors (Lipinski definition) is 2. The number of hydrogen-bond donors (Lipinski definition) is 0. The molecule has 2 fully saturated rings. The highest BCUT2D eigenvalue weighted by Crippen LogP contribution is 2.37. The number of carbonyl (C=O) groups excluding carboxylic acids is 1. The van der Waals surface area contributed by atoms with Crippen molar-refractivity contribution in [3.63, 3.8) is 0 Å². The van der Waals surface area contributed by atoms with Gasteiger partial charge in [-0.15, -0.1) is 0 Å². The van der Waals surface area contributed by atoms with E-state index >= 15 is 0 Å². The molecule has 3 nitrogen and oxygen atoms in total. The highest BCUT2D eigenvalue weighted by molar-refractivity contribution is 5.94. The third-order valence-corrected chi connectivity index (χ3v) is 8.13. The number of nitrogens with zero attached hydrogens (tertiary/aromatic N) is 2. The van der Waals surface area contributed by atoms with E-state index in [-0.39, 0.29) is 11.7 Å². The Hall–Kier alpha value is -2.98. The van der Waals surface area contributed by atoms with Crippen LogP contribution < -0.4 is 0 Å². The molecule has 0 aromatic heterocycles. The van der Waals surface area contributed by atoms with Gasteiger partial charge in [0.25, 0.3) is 5.91 Å². The van der Waals surface area contributed by atoms with Crippen molar-refractivity contribution in [1.29, 1.82) is 0 Å². The van der Waals surface area contributed by atoms with E-state index in [2.05, 4.69) is 41.0 Å². The van der Waals surface area contributed by atoms with Crippen molar-refractivity contribution in [2.75, 3.05) is 19.6 Å². The van der Waals surface area contributed by atoms with E-state index in [1.165, 1.54) is 36.5 Å². The number of amides is 1. The van der Waals surface area contributed by atoms with Crippen LogP contribution in [0.4, 0.5) is 4.39 Å². The lowest BCUT2D eigenvalue weighted by Crippen LogP contribution is -2.45. The molecule has 2 aliphatic rings. The van der Waals surface area contributed by atoms with Gasteiger partial charge in [0.2, 0.25) is 0 Å². The topological polar surface area (TPSA) is 23.6 Å². The van der Waals surface area contributed by atoms with Crippen LogP contribution in [-0.2, 0) is 6.54 Å². The van der Waals surface area contributed by atoms with Crippen LogP contribution in [0.5, 0.6) is 0 Å². The van der Waals surface area contributed by atoms with Gasteiger partial charge in [0.1, 0.15) is 5.82 Å². The first-order valence-corrected chi connectivity index (χ1v) is 13.5. The van der Waals surface area contributed by atoms with Gasteiger partial charge in [0.05, 0.1) is 0 Å². The monoisotopic (exact) mass is 484 g/mol. The zero-order chi connectivity index (χ0) is 24.9. The average Bonchev–Trinajstić information content (AvgIpc) is 3.30. The Morgan fingerprint density at radius 2 is 1.67 bits per heavy atom. The van der Waals surface area contributed by atoms with E-state index in [0.29, 0.717) is 17.9 Å². The molecule has 36 heavy (non-hydrogen) atoms. The highest BCUT2D eigenvalue weighted by Gasteiger charge is 2.38. The van der Waals surface area contributed by atoms with Crippen molar-refractivity contribution in [2.24, 2.45) is 5.92 Å². The van der Waals surface area contributed by atoms with E-state index < -0.39 is 0 Å². The van der Waals surface area contributed by atoms with Crippen LogP contribution in [-0.4, -0.2) is 41.4 Å². The molecule has 0 radical (unpaired) electrons. The standard InChI is InChI=1S/C32H37FN2O/c1-24-11-8-9-18-30(24)31-23-34(20-25-12-10-15-28(33)19-25)21-27(31)22-35(29-16-6-3-7-17-29)32(36)26-13-4-2-5-14-26/h2,4-5,8-15,18-19,27,29,31H,3,6-7,16-17,20-23H2,1H3/t27-,31-/m0/s1. The molecule has 1 aliphatic heterocycles. The number of likely N-dealkylation sites (tertiary alicyclic amines) is 1. The molecule has 5 rings (SSSR count). The predicted molar refractivity (Wildman–Crippen MR) is 143 cm³/mol. The summed E-state index contributed by atoms with van der Waals surface area (Å²) in [5.41, 5.74) is 4.47. The summed E-state index contributed by atoms with van der Waals surface area (Å²) < 4.78 is 13.9. The third kappa shape index (κ3) is 5.70. The SMILES string of the molecule is Cc1ccccc1[C@H]1CN(Cc2cccc(F)c2)C[C@H]1CN(C(=O)c1ccccc1)C1CCCCC1. The van der Waals surface area contributed by atoms with E-state index in [0.717, 1.165) is 50.1 Å².